The highest BCUT2D eigenvalue weighted by atomic mass is 16.5. The van der Waals surface area contributed by atoms with E-state index in [0.717, 1.165) is 5.82 Å². The molecule has 6 nitrogen and oxygen atoms in total. The third-order valence-corrected chi connectivity index (χ3v) is 2.60. The fourth-order valence-corrected chi connectivity index (χ4v) is 1.61. The summed E-state index contributed by atoms with van der Waals surface area (Å²) in [7, 11) is 0. The topological polar surface area (TPSA) is 79.9 Å². The van der Waals surface area contributed by atoms with Crippen molar-refractivity contribution in [2.45, 2.75) is 6.42 Å². The van der Waals surface area contributed by atoms with Crippen LogP contribution in [-0.2, 0) is 6.42 Å². The molecule has 1 heterocycles. The number of hydrogen-bond acceptors (Lipinski definition) is 4. The van der Waals surface area contributed by atoms with Gasteiger partial charge in [0.15, 0.2) is 0 Å². The van der Waals surface area contributed by atoms with Gasteiger partial charge < -0.3 is 10.1 Å². The van der Waals surface area contributed by atoms with Crippen molar-refractivity contribution in [3.05, 3.63) is 54.6 Å². The molecule has 0 aliphatic carbocycles. The van der Waals surface area contributed by atoms with Gasteiger partial charge in [-0.15, -0.1) is 0 Å². The van der Waals surface area contributed by atoms with E-state index in [1.54, 1.807) is 30.3 Å². The Morgan fingerprint density at radius 3 is 2.85 bits per heavy atom. The third-order valence-electron chi connectivity index (χ3n) is 2.60. The average Bonchev–Trinajstić information content (AvgIpc) is 2.99. The predicted octanol–water partition coefficient (Wildman–Crippen LogP) is 1.34. The number of amides is 1. The summed E-state index contributed by atoms with van der Waals surface area (Å²) in [5.41, 5.74) is 0.591. The van der Waals surface area contributed by atoms with Crippen molar-refractivity contribution >= 4 is 5.91 Å². The molecule has 2 rings (SSSR count). The number of H-pyrrole nitrogens is 1. The fraction of sp³-hybridized carbons (Fsp3) is 0.214. The number of nitrogens with zero attached hydrogens (tertiary/aromatic N) is 2. The van der Waals surface area contributed by atoms with Crippen LogP contribution in [0.4, 0.5) is 0 Å². The molecule has 104 valence electrons. The molecule has 0 aliphatic rings. The van der Waals surface area contributed by atoms with Crippen LogP contribution in [0.1, 0.15) is 16.2 Å². The van der Waals surface area contributed by atoms with E-state index in [1.165, 1.54) is 6.33 Å². The fourth-order valence-electron chi connectivity index (χ4n) is 1.61. The van der Waals surface area contributed by atoms with Crippen LogP contribution >= 0.6 is 0 Å². The van der Waals surface area contributed by atoms with Gasteiger partial charge in [0.25, 0.3) is 5.91 Å². The van der Waals surface area contributed by atoms with Crippen LogP contribution in [0, 0.1) is 0 Å². The van der Waals surface area contributed by atoms with Gasteiger partial charge in [-0.25, -0.2) is 4.98 Å². The van der Waals surface area contributed by atoms with E-state index in [0.29, 0.717) is 30.9 Å². The smallest absolute Gasteiger partial charge is 0.251 e. The molecule has 0 saturated heterocycles. The average molecular weight is 272 g/mol. The molecule has 20 heavy (non-hydrogen) atoms. The second-order valence-corrected chi connectivity index (χ2v) is 4.06. The van der Waals surface area contributed by atoms with Gasteiger partial charge in [-0.3, -0.25) is 9.89 Å². The van der Waals surface area contributed by atoms with Crippen LogP contribution in [0.5, 0.6) is 5.75 Å². The molecule has 0 radical (unpaired) electrons. The van der Waals surface area contributed by atoms with Crippen molar-refractivity contribution in [2.75, 3.05) is 13.2 Å². The SMILES string of the molecule is C=CCOc1ccc(C(=O)NCCc2ncn[nH]2)cc1. The number of ether oxygens (including phenoxy) is 1. The molecule has 1 aromatic carbocycles. The Hall–Kier alpha value is -2.63. The standard InChI is InChI=1S/C14H16N4O2/c1-2-9-20-12-5-3-11(4-6-12)14(19)15-8-7-13-16-10-17-18-13/h2-6,10H,1,7-9H2,(H,15,19)(H,16,17,18). The summed E-state index contributed by atoms with van der Waals surface area (Å²) in [5, 5.41) is 9.30. The summed E-state index contributed by atoms with van der Waals surface area (Å²) in [4.78, 5) is 15.9. The van der Waals surface area contributed by atoms with E-state index < -0.39 is 0 Å². The summed E-state index contributed by atoms with van der Waals surface area (Å²) in [6.45, 7) is 4.52. The summed E-state index contributed by atoms with van der Waals surface area (Å²) in [5.74, 6) is 1.33. The Bertz CT molecular complexity index is 549. The van der Waals surface area contributed by atoms with E-state index in [-0.39, 0.29) is 5.91 Å². The van der Waals surface area contributed by atoms with Gasteiger partial charge in [-0.05, 0) is 24.3 Å². The van der Waals surface area contributed by atoms with Crippen LogP contribution < -0.4 is 10.1 Å². The molecule has 2 aromatic rings. The van der Waals surface area contributed by atoms with Crippen molar-refractivity contribution in [3.8, 4) is 5.75 Å². The van der Waals surface area contributed by atoms with Crippen LogP contribution in [0.3, 0.4) is 0 Å². The maximum absolute atomic E-state index is 11.9. The number of benzene rings is 1. The van der Waals surface area contributed by atoms with Gasteiger partial charge in [-0.2, -0.15) is 5.10 Å². The van der Waals surface area contributed by atoms with E-state index in [2.05, 4.69) is 27.1 Å². The summed E-state index contributed by atoms with van der Waals surface area (Å²) in [6.07, 6.45) is 3.73. The van der Waals surface area contributed by atoms with E-state index in [1.807, 2.05) is 0 Å². The molecule has 0 unspecified atom stereocenters. The molecular weight excluding hydrogens is 256 g/mol. The lowest BCUT2D eigenvalue weighted by atomic mass is 10.2. The zero-order valence-electron chi connectivity index (χ0n) is 11.0. The first-order valence-electron chi connectivity index (χ1n) is 6.26. The Labute approximate surface area is 116 Å². The number of hydrogen-bond donors (Lipinski definition) is 2. The summed E-state index contributed by atoms with van der Waals surface area (Å²) in [6, 6.07) is 6.97. The number of carbonyl (C=O) groups excluding carboxylic acids is 1. The largest absolute Gasteiger partial charge is 0.490 e. The molecule has 1 aromatic heterocycles. The Balaban J connectivity index is 1.81. The summed E-state index contributed by atoms with van der Waals surface area (Å²) < 4.78 is 5.35. The van der Waals surface area contributed by atoms with Crippen molar-refractivity contribution in [2.24, 2.45) is 0 Å². The molecule has 0 aliphatic heterocycles. The first kappa shape index (κ1) is 13.8. The highest BCUT2D eigenvalue weighted by Gasteiger charge is 2.05. The molecule has 2 N–H and O–H groups in total. The lowest BCUT2D eigenvalue weighted by molar-refractivity contribution is 0.0954. The normalized spacial score (nSPS) is 10.0. The molecule has 1 amide bonds. The van der Waals surface area contributed by atoms with E-state index in [9.17, 15) is 4.79 Å². The number of aromatic amines is 1. The van der Waals surface area contributed by atoms with Crippen LogP contribution in [-0.4, -0.2) is 34.2 Å². The van der Waals surface area contributed by atoms with Crippen LogP contribution in [0.15, 0.2) is 43.2 Å². The quantitative estimate of drug-likeness (QED) is 0.745. The van der Waals surface area contributed by atoms with Crippen LogP contribution in [0.2, 0.25) is 0 Å². The number of aromatic nitrogens is 3. The van der Waals surface area contributed by atoms with Gasteiger partial charge >= 0.3 is 0 Å². The number of carbonyl (C=O) groups is 1. The third kappa shape index (κ3) is 3.94. The van der Waals surface area contributed by atoms with Crippen LogP contribution in [0.25, 0.3) is 0 Å². The van der Waals surface area contributed by atoms with Crippen molar-refractivity contribution < 1.29 is 9.53 Å². The second kappa shape index (κ2) is 7.08. The Kier molecular flexibility index (Phi) is 4.88. The zero-order valence-corrected chi connectivity index (χ0v) is 11.0. The van der Waals surface area contributed by atoms with Gasteiger partial charge in [0.1, 0.15) is 24.5 Å². The number of rotatable bonds is 7. The van der Waals surface area contributed by atoms with E-state index >= 15 is 0 Å². The molecule has 0 bridgehead atoms. The van der Waals surface area contributed by atoms with Gasteiger partial charge in [0.05, 0.1) is 0 Å². The predicted molar refractivity (Wildman–Crippen MR) is 74.6 cm³/mol. The van der Waals surface area contributed by atoms with Crippen molar-refractivity contribution in [1.29, 1.82) is 0 Å². The first-order chi connectivity index (χ1) is 9.79. The number of nitrogens with one attached hydrogen (secondary N) is 2. The van der Waals surface area contributed by atoms with Crippen molar-refractivity contribution in [1.82, 2.24) is 20.5 Å². The van der Waals surface area contributed by atoms with Gasteiger partial charge in [0.2, 0.25) is 0 Å². The monoisotopic (exact) mass is 272 g/mol. The minimum absolute atomic E-state index is 0.125. The Morgan fingerprint density at radius 1 is 1.40 bits per heavy atom. The zero-order chi connectivity index (χ0) is 14.2. The highest BCUT2D eigenvalue weighted by Crippen LogP contribution is 2.12. The summed E-state index contributed by atoms with van der Waals surface area (Å²) >= 11 is 0. The second-order valence-electron chi connectivity index (χ2n) is 4.06. The lowest BCUT2D eigenvalue weighted by Crippen LogP contribution is -2.25. The maximum atomic E-state index is 11.9. The van der Waals surface area contributed by atoms with Gasteiger partial charge in [0, 0.05) is 18.5 Å². The van der Waals surface area contributed by atoms with Gasteiger partial charge in [-0.1, -0.05) is 12.7 Å². The molecule has 6 heteroatoms. The molecule has 0 saturated carbocycles. The lowest BCUT2D eigenvalue weighted by Gasteiger charge is -2.06. The minimum Gasteiger partial charge on any atom is -0.490 e. The highest BCUT2D eigenvalue weighted by molar-refractivity contribution is 5.94. The molecule has 0 fully saturated rings. The molecule has 0 atom stereocenters. The molecular formula is C14H16N4O2. The molecule has 0 spiro atoms. The minimum atomic E-state index is -0.125. The van der Waals surface area contributed by atoms with Crippen molar-refractivity contribution in [3.63, 3.8) is 0 Å². The Morgan fingerprint density at radius 2 is 2.20 bits per heavy atom. The first-order valence-corrected chi connectivity index (χ1v) is 6.26. The maximum Gasteiger partial charge on any atom is 0.251 e. The van der Waals surface area contributed by atoms with E-state index in [4.69, 9.17) is 4.74 Å².